The van der Waals surface area contributed by atoms with Crippen LogP contribution in [0.15, 0.2) is 45.6 Å². The standard InChI is InChI=1S/C19H21N3O3S/c1-14-4-3-5-16(12-14)24-10-9-22(2)18(23)7-6-17-20-19(21-25-17)15-8-11-26-13-15/h3-5,8,11-13H,6-7,9-10H2,1-2H3. The maximum absolute atomic E-state index is 12.2. The molecule has 1 aromatic carbocycles. The van der Waals surface area contributed by atoms with Crippen LogP contribution in [0, 0.1) is 6.92 Å². The van der Waals surface area contributed by atoms with Gasteiger partial charge in [0.1, 0.15) is 12.4 Å². The van der Waals surface area contributed by atoms with E-state index >= 15 is 0 Å². The highest BCUT2D eigenvalue weighted by atomic mass is 32.1. The van der Waals surface area contributed by atoms with E-state index in [-0.39, 0.29) is 5.91 Å². The lowest BCUT2D eigenvalue weighted by atomic mass is 10.2. The Balaban J connectivity index is 1.41. The van der Waals surface area contributed by atoms with Crippen LogP contribution >= 0.6 is 11.3 Å². The van der Waals surface area contributed by atoms with Crippen LogP contribution in [0.3, 0.4) is 0 Å². The summed E-state index contributed by atoms with van der Waals surface area (Å²) in [6, 6.07) is 9.79. The normalized spacial score (nSPS) is 10.7. The smallest absolute Gasteiger partial charge is 0.227 e. The summed E-state index contributed by atoms with van der Waals surface area (Å²) in [6.45, 7) is 3.00. The first-order valence-corrected chi connectivity index (χ1v) is 9.34. The molecule has 0 bridgehead atoms. The SMILES string of the molecule is Cc1cccc(OCCN(C)C(=O)CCc2nc(-c3ccsc3)no2)c1. The minimum atomic E-state index is 0.0214. The summed E-state index contributed by atoms with van der Waals surface area (Å²) in [4.78, 5) is 18.2. The Bertz CT molecular complexity index is 845. The van der Waals surface area contributed by atoms with E-state index in [0.717, 1.165) is 16.9 Å². The number of likely N-dealkylation sites (N-methyl/N-ethyl adjacent to an activating group) is 1. The van der Waals surface area contributed by atoms with Gasteiger partial charge < -0.3 is 14.2 Å². The Morgan fingerprint density at radius 2 is 2.23 bits per heavy atom. The lowest BCUT2D eigenvalue weighted by Crippen LogP contribution is -2.31. The Kier molecular flexibility index (Phi) is 6.01. The minimum Gasteiger partial charge on any atom is -0.492 e. The van der Waals surface area contributed by atoms with Gasteiger partial charge in [-0.15, -0.1) is 0 Å². The molecule has 6 nitrogen and oxygen atoms in total. The van der Waals surface area contributed by atoms with Gasteiger partial charge in [-0.05, 0) is 36.1 Å². The third kappa shape index (κ3) is 4.92. The van der Waals surface area contributed by atoms with Crippen molar-refractivity contribution >= 4 is 17.2 Å². The second-order valence-corrected chi connectivity index (χ2v) is 6.78. The second kappa shape index (κ2) is 8.62. The van der Waals surface area contributed by atoms with Gasteiger partial charge in [-0.2, -0.15) is 16.3 Å². The Morgan fingerprint density at radius 3 is 3.00 bits per heavy atom. The summed E-state index contributed by atoms with van der Waals surface area (Å²) < 4.78 is 10.9. The third-order valence-electron chi connectivity index (χ3n) is 3.91. The molecule has 1 amide bonds. The van der Waals surface area contributed by atoms with E-state index in [1.54, 1.807) is 23.3 Å². The molecular weight excluding hydrogens is 350 g/mol. The molecule has 3 rings (SSSR count). The molecule has 136 valence electrons. The van der Waals surface area contributed by atoms with E-state index in [1.807, 2.05) is 48.0 Å². The first-order chi connectivity index (χ1) is 12.6. The summed E-state index contributed by atoms with van der Waals surface area (Å²) in [6.07, 6.45) is 0.755. The molecule has 0 saturated carbocycles. The zero-order valence-corrected chi connectivity index (χ0v) is 15.7. The number of carbonyl (C=O) groups is 1. The fourth-order valence-corrected chi connectivity index (χ4v) is 3.03. The number of thiophene rings is 1. The van der Waals surface area contributed by atoms with Gasteiger partial charge in [-0.25, -0.2) is 0 Å². The van der Waals surface area contributed by atoms with Crippen molar-refractivity contribution in [3.63, 3.8) is 0 Å². The van der Waals surface area contributed by atoms with Gasteiger partial charge >= 0.3 is 0 Å². The second-order valence-electron chi connectivity index (χ2n) is 6.00. The number of rotatable bonds is 8. The number of carbonyl (C=O) groups excluding carboxylic acids is 1. The number of nitrogens with zero attached hydrogens (tertiary/aromatic N) is 3. The van der Waals surface area contributed by atoms with E-state index in [1.165, 1.54) is 0 Å². The summed E-state index contributed by atoms with van der Waals surface area (Å²) >= 11 is 1.58. The largest absolute Gasteiger partial charge is 0.492 e. The molecule has 0 atom stereocenters. The fraction of sp³-hybridized carbons (Fsp3) is 0.316. The lowest BCUT2D eigenvalue weighted by molar-refractivity contribution is -0.130. The average Bonchev–Trinajstić information content (AvgIpc) is 3.31. The van der Waals surface area contributed by atoms with Crippen molar-refractivity contribution in [3.05, 3.63) is 52.5 Å². The molecule has 0 aliphatic carbocycles. The molecule has 0 aliphatic heterocycles. The summed E-state index contributed by atoms with van der Waals surface area (Å²) in [7, 11) is 1.77. The number of aromatic nitrogens is 2. The molecule has 2 heterocycles. The van der Waals surface area contributed by atoms with Crippen LogP contribution in [0.4, 0.5) is 0 Å². The number of benzene rings is 1. The molecule has 0 radical (unpaired) electrons. The van der Waals surface area contributed by atoms with Crippen molar-refractivity contribution in [1.29, 1.82) is 0 Å². The van der Waals surface area contributed by atoms with Gasteiger partial charge in [-0.3, -0.25) is 4.79 Å². The minimum absolute atomic E-state index is 0.0214. The predicted molar refractivity (Wildman–Crippen MR) is 100 cm³/mol. The zero-order valence-electron chi connectivity index (χ0n) is 14.8. The highest BCUT2D eigenvalue weighted by Crippen LogP contribution is 2.19. The van der Waals surface area contributed by atoms with Gasteiger partial charge in [-0.1, -0.05) is 17.3 Å². The summed E-state index contributed by atoms with van der Waals surface area (Å²) in [5.41, 5.74) is 2.08. The highest BCUT2D eigenvalue weighted by Gasteiger charge is 2.13. The summed E-state index contributed by atoms with van der Waals surface area (Å²) in [5, 5.41) is 7.87. The number of aryl methyl sites for hydroxylation is 2. The quantitative estimate of drug-likeness (QED) is 0.605. The molecule has 2 aromatic heterocycles. The maximum atomic E-state index is 12.2. The van der Waals surface area contributed by atoms with Gasteiger partial charge in [0.05, 0.1) is 6.54 Å². The molecule has 0 N–H and O–H groups in total. The first-order valence-electron chi connectivity index (χ1n) is 8.40. The highest BCUT2D eigenvalue weighted by molar-refractivity contribution is 7.08. The van der Waals surface area contributed by atoms with Crippen LogP contribution in [-0.2, 0) is 11.2 Å². The Hall–Kier alpha value is -2.67. The van der Waals surface area contributed by atoms with Crippen molar-refractivity contribution < 1.29 is 14.1 Å². The first kappa shape index (κ1) is 18.1. The van der Waals surface area contributed by atoms with Crippen molar-refractivity contribution in [2.45, 2.75) is 19.8 Å². The molecule has 0 fully saturated rings. The van der Waals surface area contributed by atoms with Gasteiger partial charge in [0.25, 0.3) is 0 Å². The van der Waals surface area contributed by atoms with E-state index in [0.29, 0.717) is 37.7 Å². The molecule has 0 saturated heterocycles. The molecule has 0 spiro atoms. The van der Waals surface area contributed by atoms with Crippen molar-refractivity contribution in [3.8, 4) is 17.1 Å². The Labute approximate surface area is 156 Å². The zero-order chi connectivity index (χ0) is 18.4. The lowest BCUT2D eigenvalue weighted by Gasteiger charge is -2.17. The fourth-order valence-electron chi connectivity index (χ4n) is 2.40. The van der Waals surface area contributed by atoms with Gasteiger partial charge in [0.15, 0.2) is 0 Å². The van der Waals surface area contributed by atoms with Crippen LogP contribution in [0.2, 0.25) is 0 Å². The topological polar surface area (TPSA) is 68.5 Å². The van der Waals surface area contributed by atoms with Crippen LogP contribution in [0.5, 0.6) is 5.75 Å². The van der Waals surface area contributed by atoms with E-state index < -0.39 is 0 Å². The van der Waals surface area contributed by atoms with E-state index in [4.69, 9.17) is 9.26 Å². The van der Waals surface area contributed by atoms with Crippen molar-refractivity contribution in [2.75, 3.05) is 20.2 Å². The maximum Gasteiger partial charge on any atom is 0.227 e. The van der Waals surface area contributed by atoms with Crippen LogP contribution in [-0.4, -0.2) is 41.1 Å². The van der Waals surface area contributed by atoms with Gasteiger partial charge in [0.2, 0.25) is 17.6 Å². The molecule has 26 heavy (non-hydrogen) atoms. The van der Waals surface area contributed by atoms with Crippen LogP contribution in [0.25, 0.3) is 11.4 Å². The van der Waals surface area contributed by atoms with Crippen LogP contribution < -0.4 is 4.74 Å². The van der Waals surface area contributed by atoms with Crippen molar-refractivity contribution in [1.82, 2.24) is 15.0 Å². The molecule has 7 heteroatoms. The molecule has 3 aromatic rings. The average molecular weight is 371 g/mol. The van der Waals surface area contributed by atoms with Gasteiger partial charge in [0, 0.05) is 30.8 Å². The Morgan fingerprint density at radius 1 is 1.35 bits per heavy atom. The number of ether oxygens (including phenoxy) is 1. The van der Waals surface area contributed by atoms with Crippen molar-refractivity contribution in [2.24, 2.45) is 0 Å². The molecule has 0 aliphatic rings. The predicted octanol–water partition coefficient (Wildman–Crippen LogP) is 3.58. The monoisotopic (exact) mass is 371 g/mol. The molecular formula is C19H21N3O3S. The van der Waals surface area contributed by atoms with Crippen LogP contribution in [0.1, 0.15) is 17.9 Å². The number of hydrogen-bond acceptors (Lipinski definition) is 6. The van der Waals surface area contributed by atoms with E-state index in [9.17, 15) is 4.79 Å². The van der Waals surface area contributed by atoms with E-state index in [2.05, 4.69) is 10.1 Å². The molecule has 0 unspecified atom stereocenters. The summed E-state index contributed by atoms with van der Waals surface area (Å²) in [5.74, 6) is 1.88. The number of hydrogen-bond donors (Lipinski definition) is 0. The third-order valence-corrected chi connectivity index (χ3v) is 4.59. The number of amides is 1.